The van der Waals surface area contributed by atoms with Gasteiger partial charge in [-0.1, -0.05) is 12.1 Å². The van der Waals surface area contributed by atoms with Crippen LogP contribution in [0, 0.1) is 0 Å². The molecule has 6 heteroatoms. The highest BCUT2D eigenvalue weighted by molar-refractivity contribution is 7.89. The number of ether oxygens (including phenoxy) is 2. The van der Waals surface area contributed by atoms with E-state index in [9.17, 15) is 8.42 Å². The minimum absolute atomic E-state index is 0.199. The maximum atomic E-state index is 12.6. The summed E-state index contributed by atoms with van der Waals surface area (Å²) >= 11 is 0. The van der Waals surface area contributed by atoms with E-state index in [0.29, 0.717) is 17.9 Å². The Hall–Kier alpha value is -2.05. The van der Waals surface area contributed by atoms with Gasteiger partial charge in [-0.15, -0.1) is 0 Å². The summed E-state index contributed by atoms with van der Waals surface area (Å²) in [6.07, 6.45) is 2.31. The van der Waals surface area contributed by atoms with E-state index < -0.39 is 10.0 Å². The maximum Gasteiger partial charge on any atom is 0.240 e. The number of rotatable bonds is 5. The first-order valence-corrected chi connectivity index (χ1v) is 10.0. The Labute approximate surface area is 148 Å². The second-order valence-corrected chi connectivity index (χ2v) is 8.35. The van der Waals surface area contributed by atoms with Crippen molar-refractivity contribution in [3.05, 3.63) is 53.1 Å². The van der Waals surface area contributed by atoms with Crippen molar-refractivity contribution in [2.45, 2.75) is 37.1 Å². The summed E-state index contributed by atoms with van der Waals surface area (Å²) in [7, 11) is -3.54. The summed E-state index contributed by atoms with van der Waals surface area (Å²) in [6, 6.07) is 10.9. The Morgan fingerprint density at radius 2 is 1.64 bits per heavy atom. The Morgan fingerprint density at radius 3 is 2.36 bits per heavy atom. The molecule has 0 bridgehead atoms. The maximum absolute atomic E-state index is 12.6. The van der Waals surface area contributed by atoms with Crippen molar-refractivity contribution < 1.29 is 17.9 Å². The molecular weight excluding hydrogens is 338 g/mol. The van der Waals surface area contributed by atoms with Crippen LogP contribution in [0.1, 0.15) is 23.6 Å². The van der Waals surface area contributed by atoms with Gasteiger partial charge in [-0.3, -0.25) is 0 Å². The van der Waals surface area contributed by atoms with Crippen LogP contribution in [0.15, 0.2) is 41.3 Å². The summed E-state index contributed by atoms with van der Waals surface area (Å²) < 4.78 is 39.0. The lowest BCUT2D eigenvalue weighted by Crippen LogP contribution is -2.34. The Morgan fingerprint density at radius 1 is 1.00 bits per heavy atom. The van der Waals surface area contributed by atoms with Gasteiger partial charge in [0.15, 0.2) is 0 Å². The van der Waals surface area contributed by atoms with Crippen LogP contribution in [0.25, 0.3) is 0 Å². The third-order valence-corrected chi connectivity index (χ3v) is 6.21. The van der Waals surface area contributed by atoms with Gasteiger partial charge in [-0.2, -0.15) is 0 Å². The van der Waals surface area contributed by atoms with E-state index in [0.717, 1.165) is 42.1 Å². The molecule has 1 atom stereocenters. The fourth-order valence-electron chi connectivity index (χ4n) is 3.43. The first-order chi connectivity index (χ1) is 12.0. The molecule has 0 saturated heterocycles. The molecule has 0 saturated carbocycles. The molecule has 0 aliphatic carbocycles. The number of fused-ring (bicyclic) bond motifs is 2. The van der Waals surface area contributed by atoms with Crippen molar-refractivity contribution in [2.75, 3.05) is 13.2 Å². The lowest BCUT2D eigenvalue weighted by molar-refractivity contribution is 0.356. The summed E-state index contributed by atoms with van der Waals surface area (Å²) in [5.41, 5.74) is 3.27. The molecule has 2 aromatic rings. The number of hydrogen-bond donors (Lipinski definition) is 1. The largest absolute Gasteiger partial charge is 0.493 e. The molecule has 0 spiro atoms. The Kier molecular flexibility index (Phi) is 4.17. The van der Waals surface area contributed by atoms with Gasteiger partial charge >= 0.3 is 0 Å². The van der Waals surface area contributed by atoms with Crippen molar-refractivity contribution in [1.29, 1.82) is 0 Å². The molecule has 0 amide bonds. The zero-order valence-corrected chi connectivity index (χ0v) is 14.9. The molecule has 2 aliphatic rings. The number of nitrogens with one attached hydrogen (secondary N) is 1. The van der Waals surface area contributed by atoms with Crippen LogP contribution in [0.5, 0.6) is 11.5 Å². The zero-order valence-electron chi connectivity index (χ0n) is 14.1. The fraction of sp³-hybridized carbons (Fsp3) is 0.368. The first-order valence-electron chi connectivity index (χ1n) is 8.54. The first kappa shape index (κ1) is 16.4. The van der Waals surface area contributed by atoms with Crippen molar-refractivity contribution in [3.8, 4) is 11.5 Å². The van der Waals surface area contributed by atoms with Gasteiger partial charge < -0.3 is 9.47 Å². The van der Waals surface area contributed by atoms with E-state index in [1.165, 1.54) is 5.56 Å². The SMILES string of the molecule is CC(Cc1ccc2c(c1)CCO2)NS(=O)(=O)c1ccc2c(c1)CCO2. The monoisotopic (exact) mass is 359 g/mol. The van der Waals surface area contributed by atoms with Crippen molar-refractivity contribution >= 4 is 10.0 Å². The van der Waals surface area contributed by atoms with Gasteiger partial charge in [0.1, 0.15) is 11.5 Å². The van der Waals surface area contributed by atoms with Crippen molar-refractivity contribution in [2.24, 2.45) is 0 Å². The Balaban J connectivity index is 1.47. The average Bonchev–Trinajstić information content (AvgIpc) is 3.21. The predicted molar refractivity (Wildman–Crippen MR) is 94.8 cm³/mol. The lowest BCUT2D eigenvalue weighted by atomic mass is 10.0. The van der Waals surface area contributed by atoms with Crippen molar-refractivity contribution in [3.63, 3.8) is 0 Å². The van der Waals surface area contributed by atoms with Crippen LogP contribution in [-0.4, -0.2) is 27.7 Å². The predicted octanol–water partition coefficient (Wildman–Crippen LogP) is 2.47. The third-order valence-electron chi connectivity index (χ3n) is 4.62. The van der Waals surface area contributed by atoms with Gasteiger partial charge in [-0.05, 0) is 54.3 Å². The van der Waals surface area contributed by atoms with Gasteiger partial charge in [-0.25, -0.2) is 13.1 Å². The number of benzene rings is 2. The molecule has 25 heavy (non-hydrogen) atoms. The smallest absolute Gasteiger partial charge is 0.240 e. The highest BCUT2D eigenvalue weighted by atomic mass is 32.2. The van der Waals surface area contributed by atoms with Crippen LogP contribution >= 0.6 is 0 Å². The molecular formula is C19H21NO4S. The molecule has 0 aromatic heterocycles. The number of hydrogen-bond acceptors (Lipinski definition) is 4. The molecule has 0 radical (unpaired) electrons. The minimum atomic E-state index is -3.54. The van der Waals surface area contributed by atoms with Crippen LogP contribution in [0.4, 0.5) is 0 Å². The van der Waals surface area contributed by atoms with E-state index in [4.69, 9.17) is 9.47 Å². The third kappa shape index (κ3) is 3.37. The summed E-state index contributed by atoms with van der Waals surface area (Å²) in [5, 5.41) is 0. The van der Waals surface area contributed by atoms with Crippen LogP contribution in [0.2, 0.25) is 0 Å². The van der Waals surface area contributed by atoms with E-state index >= 15 is 0 Å². The van der Waals surface area contributed by atoms with Crippen LogP contribution in [0.3, 0.4) is 0 Å². The van der Waals surface area contributed by atoms with E-state index in [1.807, 2.05) is 19.1 Å². The number of sulfonamides is 1. The van der Waals surface area contributed by atoms with Gasteiger partial charge in [0.25, 0.3) is 0 Å². The normalized spacial score (nSPS) is 16.7. The van der Waals surface area contributed by atoms with Crippen LogP contribution < -0.4 is 14.2 Å². The molecule has 0 fully saturated rings. The Bertz CT molecular complexity index is 908. The fourth-order valence-corrected chi connectivity index (χ4v) is 4.72. The van der Waals surface area contributed by atoms with Crippen molar-refractivity contribution in [1.82, 2.24) is 4.72 Å². The molecule has 1 unspecified atom stereocenters. The van der Waals surface area contributed by atoms with Gasteiger partial charge in [0, 0.05) is 18.9 Å². The molecule has 2 heterocycles. The van der Waals surface area contributed by atoms with Gasteiger partial charge in [0.05, 0.1) is 18.1 Å². The lowest BCUT2D eigenvalue weighted by Gasteiger charge is -2.15. The highest BCUT2D eigenvalue weighted by Crippen LogP contribution is 2.28. The van der Waals surface area contributed by atoms with E-state index in [1.54, 1.807) is 18.2 Å². The van der Waals surface area contributed by atoms with E-state index in [2.05, 4.69) is 10.8 Å². The topological polar surface area (TPSA) is 64.6 Å². The zero-order chi connectivity index (χ0) is 17.4. The average molecular weight is 359 g/mol. The minimum Gasteiger partial charge on any atom is -0.493 e. The molecule has 2 aromatic carbocycles. The molecule has 5 nitrogen and oxygen atoms in total. The quantitative estimate of drug-likeness (QED) is 0.891. The van der Waals surface area contributed by atoms with Crippen LogP contribution in [-0.2, 0) is 29.3 Å². The highest BCUT2D eigenvalue weighted by Gasteiger charge is 2.21. The molecule has 2 aliphatic heterocycles. The summed E-state index contributed by atoms with van der Waals surface area (Å²) in [4.78, 5) is 0.297. The molecule has 132 valence electrons. The second kappa shape index (κ2) is 6.35. The summed E-state index contributed by atoms with van der Waals surface area (Å²) in [5.74, 6) is 1.73. The molecule has 4 rings (SSSR count). The van der Waals surface area contributed by atoms with E-state index in [-0.39, 0.29) is 6.04 Å². The summed E-state index contributed by atoms with van der Waals surface area (Å²) in [6.45, 7) is 3.23. The molecule has 1 N–H and O–H groups in total. The second-order valence-electron chi connectivity index (χ2n) is 6.63. The standard InChI is InChI=1S/C19H21NO4S/c1-13(10-14-2-4-18-15(11-14)6-8-23-18)20-25(21,22)17-3-5-19-16(12-17)7-9-24-19/h2-5,11-13,20H,6-10H2,1H3. The van der Waals surface area contributed by atoms with Gasteiger partial charge in [0.2, 0.25) is 10.0 Å².